The Balaban J connectivity index is 2.49. The van der Waals surface area contributed by atoms with Crippen molar-refractivity contribution in [3.05, 3.63) is 64.5 Å². The van der Waals surface area contributed by atoms with Crippen LogP contribution >= 0.6 is 0 Å². The zero-order valence-electron chi connectivity index (χ0n) is 13.6. The van der Waals surface area contributed by atoms with Gasteiger partial charge in [0.1, 0.15) is 0 Å². The van der Waals surface area contributed by atoms with Crippen LogP contribution in [-0.2, 0) is 6.42 Å². The molecule has 2 rings (SSSR count). The summed E-state index contributed by atoms with van der Waals surface area (Å²) in [6.45, 7) is 9.73. The van der Waals surface area contributed by atoms with Crippen LogP contribution in [0, 0.1) is 13.8 Å². The molecule has 1 N–H and O–H groups in total. The minimum Gasteiger partial charge on any atom is -0.305 e. The maximum Gasteiger partial charge on any atom is 0.0756 e. The van der Waals surface area contributed by atoms with Crippen LogP contribution in [0.3, 0.4) is 0 Å². The predicted octanol–water partition coefficient (Wildman–Crippen LogP) is 4.35. The second kappa shape index (κ2) is 7.37. The lowest BCUT2D eigenvalue weighted by atomic mass is 9.93. The third-order valence-corrected chi connectivity index (χ3v) is 3.92. The quantitative estimate of drug-likeness (QED) is 0.852. The average molecular weight is 282 g/mol. The molecule has 1 heterocycles. The van der Waals surface area contributed by atoms with Gasteiger partial charge < -0.3 is 5.32 Å². The topological polar surface area (TPSA) is 24.9 Å². The van der Waals surface area contributed by atoms with E-state index in [4.69, 9.17) is 0 Å². The minimum absolute atomic E-state index is 0.181. The summed E-state index contributed by atoms with van der Waals surface area (Å²) in [5.41, 5.74) is 6.46. The van der Waals surface area contributed by atoms with Gasteiger partial charge >= 0.3 is 0 Å². The Bertz CT molecular complexity index is 590. The Morgan fingerprint density at radius 2 is 1.95 bits per heavy atom. The van der Waals surface area contributed by atoms with Crippen molar-refractivity contribution >= 4 is 0 Å². The number of aryl methyl sites for hydroxylation is 3. The molecule has 2 aromatic rings. The number of nitrogens with one attached hydrogen (secondary N) is 1. The molecular weight excluding hydrogens is 256 g/mol. The van der Waals surface area contributed by atoms with Gasteiger partial charge in [0.15, 0.2) is 0 Å². The molecule has 1 atom stereocenters. The zero-order chi connectivity index (χ0) is 15.2. The van der Waals surface area contributed by atoms with Crippen LogP contribution in [0.1, 0.15) is 54.3 Å². The third kappa shape index (κ3) is 3.70. The number of hydrogen-bond donors (Lipinski definition) is 1. The first kappa shape index (κ1) is 15.7. The SMILES string of the molecule is CCCNC(c1cc(C)ccc1C)c1ncccc1CC. The molecule has 0 saturated heterocycles. The van der Waals surface area contributed by atoms with E-state index >= 15 is 0 Å². The summed E-state index contributed by atoms with van der Waals surface area (Å²) < 4.78 is 0. The molecule has 0 aliphatic rings. The fourth-order valence-electron chi connectivity index (χ4n) is 2.72. The Morgan fingerprint density at radius 3 is 2.67 bits per heavy atom. The summed E-state index contributed by atoms with van der Waals surface area (Å²) >= 11 is 0. The summed E-state index contributed by atoms with van der Waals surface area (Å²) in [4.78, 5) is 4.69. The van der Waals surface area contributed by atoms with Crippen molar-refractivity contribution in [3.8, 4) is 0 Å². The first-order valence-electron chi connectivity index (χ1n) is 7.91. The fraction of sp³-hybridized carbons (Fsp3) is 0.421. The number of nitrogens with zero attached hydrogens (tertiary/aromatic N) is 1. The molecule has 0 aliphatic heterocycles. The van der Waals surface area contributed by atoms with Gasteiger partial charge in [-0.2, -0.15) is 0 Å². The lowest BCUT2D eigenvalue weighted by molar-refractivity contribution is 0.579. The van der Waals surface area contributed by atoms with Gasteiger partial charge in [-0.25, -0.2) is 0 Å². The van der Waals surface area contributed by atoms with Crippen molar-refractivity contribution in [2.45, 2.75) is 46.6 Å². The van der Waals surface area contributed by atoms with Gasteiger partial charge in [-0.3, -0.25) is 4.98 Å². The molecule has 1 aromatic carbocycles. The molecule has 0 spiro atoms. The first-order chi connectivity index (χ1) is 10.2. The van der Waals surface area contributed by atoms with E-state index in [0.717, 1.165) is 19.4 Å². The van der Waals surface area contributed by atoms with Crippen LogP contribution in [0.25, 0.3) is 0 Å². The lowest BCUT2D eigenvalue weighted by Gasteiger charge is -2.23. The first-order valence-corrected chi connectivity index (χ1v) is 7.91. The summed E-state index contributed by atoms with van der Waals surface area (Å²) in [6, 6.07) is 11.1. The maximum absolute atomic E-state index is 4.69. The van der Waals surface area contributed by atoms with Gasteiger partial charge in [-0.1, -0.05) is 43.7 Å². The van der Waals surface area contributed by atoms with Gasteiger partial charge in [-0.15, -0.1) is 0 Å². The van der Waals surface area contributed by atoms with Crippen LogP contribution in [0.2, 0.25) is 0 Å². The molecule has 0 bridgehead atoms. The molecule has 1 aromatic heterocycles. The van der Waals surface area contributed by atoms with Crippen molar-refractivity contribution in [2.75, 3.05) is 6.54 Å². The predicted molar refractivity (Wildman–Crippen MR) is 89.7 cm³/mol. The molecular formula is C19H26N2. The third-order valence-electron chi connectivity index (χ3n) is 3.92. The van der Waals surface area contributed by atoms with E-state index < -0.39 is 0 Å². The van der Waals surface area contributed by atoms with Crippen molar-refractivity contribution in [1.29, 1.82) is 0 Å². The highest BCUT2D eigenvalue weighted by molar-refractivity contribution is 5.39. The highest BCUT2D eigenvalue weighted by Gasteiger charge is 2.19. The molecule has 0 amide bonds. The van der Waals surface area contributed by atoms with E-state index in [1.54, 1.807) is 0 Å². The summed E-state index contributed by atoms with van der Waals surface area (Å²) in [5.74, 6) is 0. The Hall–Kier alpha value is -1.67. The van der Waals surface area contributed by atoms with Crippen LogP contribution in [-0.4, -0.2) is 11.5 Å². The van der Waals surface area contributed by atoms with Gasteiger partial charge in [0.25, 0.3) is 0 Å². The molecule has 0 fully saturated rings. The Morgan fingerprint density at radius 1 is 1.14 bits per heavy atom. The van der Waals surface area contributed by atoms with Crippen molar-refractivity contribution < 1.29 is 0 Å². The highest BCUT2D eigenvalue weighted by Crippen LogP contribution is 2.27. The normalized spacial score (nSPS) is 12.4. The smallest absolute Gasteiger partial charge is 0.0756 e. The molecule has 0 radical (unpaired) electrons. The molecule has 2 nitrogen and oxygen atoms in total. The van der Waals surface area contributed by atoms with Gasteiger partial charge in [0, 0.05) is 6.20 Å². The van der Waals surface area contributed by atoms with Crippen LogP contribution in [0.5, 0.6) is 0 Å². The minimum atomic E-state index is 0.181. The number of rotatable bonds is 6. The number of pyridine rings is 1. The molecule has 112 valence electrons. The number of hydrogen-bond acceptors (Lipinski definition) is 2. The zero-order valence-corrected chi connectivity index (χ0v) is 13.6. The largest absolute Gasteiger partial charge is 0.305 e. The van der Waals surface area contributed by atoms with Crippen LogP contribution < -0.4 is 5.32 Å². The lowest BCUT2D eigenvalue weighted by Crippen LogP contribution is -2.26. The van der Waals surface area contributed by atoms with E-state index in [0.29, 0.717) is 0 Å². The van der Waals surface area contributed by atoms with Crippen molar-refractivity contribution in [1.82, 2.24) is 10.3 Å². The Labute approximate surface area is 128 Å². The Kier molecular flexibility index (Phi) is 5.51. The van der Waals surface area contributed by atoms with Crippen molar-refractivity contribution in [2.24, 2.45) is 0 Å². The summed E-state index contributed by atoms with van der Waals surface area (Å²) in [5, 5.41) is 3.68. The van der Waals surface area contributed by atoms with E-state index in [9.17, 15) is 0 Å². The standard InChI is InChI=1S/C19H26N2/c1-5-11-20-19(17-13-14(3)9-10-15(17)4)18-16(6-2)8-7-12-21-18/h7-10,12-13,19-20H,5-6,11H2,1-4H3. The monoisotopic (exact) mass is 282 g/mol. The second-order valence-corrected chi connectivity index (χ2v) is 5.65. The number of benzene rings is 1. The van der Waals surface area contributed by atoms with Crippen LogP contribution in [0.15, 0.2) is 36.5 Å². The second-order valence-electron chi connectivity index (χ2n) is 5.65. The molecule has 0 saturated carbocycles. The molecule has 0 aliphatic carbocycles. The summed E-state index contributed by atoms with van der Waals surface area (Å²) in [6.07, 6.45) is 4.04. The molecule has 21 heavy (non-hydrogen) atoms. The van der Waals surface area contributed by atoms with Crippen LogP contribution in [0.4, 0.5) is 0 Å². The van der Waals surface area contributed by atoms with Crippen molar-refractivity contribution in [3.63, 3.8) is 0 Å². The van der Waals surface area contributed by atoms with E-state index in [-0.39, 0.29) is 6.04 Å². The number of aromatic nitrogens is 1. The maximum atomic E-state index is 4.69. The van der Waals surface area contributed by atoms with E-state index in [1.807, 2.05) is 12.3 Å². The van der Waals surface area contributed by atoms with Gasteiger partial charge in [0.2, 0.25) is 0 Å². The summed E-state index contributed by atoms with van der Waals surface area (Å²) in [7, 11) is 0. The fourth-order valence-corrected chi connectivity index (χ4v) is 2.72. The molecule has 2 heteroatoms. The van der Waals surface area contributed by atoms with E-state index in [1.165, 1.54) is 27.9 Å². The van der Waals surface area contributed by atoms with Gasteiger partial charge in [0.05, 0.1) is 11.7 Å². The molecule has 1 unspecified atom stereocenters. The van der Waals surface area contributed by atoms with E-state index in [2.05, 4.69) is 62.3 Å². The van der Waals surface area contributed by atoms with Gasteiger partial charge in [-0.05, 0) is 56.0 Å². The average Bonchev–Trinajstić information content (AvgIpc) is 2.51. The highest BCUT2D eigenvalue weighted by atomic mass is 14.9.